The van der Waals surface area contributed by atoms with Crippen LogP contribution >= 0.6 is 0 Å². The van der Waals surface area contributed by atoms with E-state index in [0.717, 1.165) is 6.54 Å². The van der Waals surface area contributed by atoms with Gasteiger partial charge in [0.2, 0.25) is 5.91 Å². The highest BCUT2D eigenvalue weighted by Crippen LogP contribution is 1.80. The van der Waals surface area contributed by atoms with E-state index in [1.807, 2.05) is 6.92 Å². The minimum atomic E-state index is -0.316. The van der Waals surface area contributed by atoms with Crippen LogP contribution < -0.4 is 10.6 Å². The molecule has 0 aliphatic carbocycles. The van der Waals surface area contributed by atoms with E-state index in [4.69, 9.17) is 0 Å². The fraction of sp³-hybridized carbons (Fsp3) is 0.750. The lowest BCUT2D eigenvalue weighted by Gasteiger charge is -2.03. The minimum Gasteiger partial charge on any atom is -0.469 e. The molecular formula is C8H16N2O3. The Bertz CT molecular complexity index is 171. The molecule has 0 atom stereocenters. The molecule has 0 rings (SSSR count). The molecular weight excluding hydrogens is 172 g/mol. The number of amides is 1. The molecule has 0 unspecified atom stereocenters. The van der Waals surface area contributed by atoms with Crippen LogP contribution in [0.25, 0.3) is 0 Å². The van der Waals surface area contributed by atoms with E-state index in [-0.39, 0.29) is 24.8 Å². The monoisotopic (exact) mass is 188 g/mol. The van der Waals surface area contributed by atoms with Gasteiger partial charge in [-0.05, 0) is 6.54 Å². The number of hydrogen-bond acceptors (Lipinski definition) is 4. The van der Waals surface area contributed by atoms with Crippen LogP contribution in [-0.2, 0) is 14.3 Å². The summed E-state index contributed by atoms with van der Waals surface area (Å²) in [6.07, 6.45) is 0.217. The second-order valence-electron chi connectivity index (χ2n) is 2.46. The predicted octanol–water partition coefficient (Wildman–Crippen LogP) is -0.725. The number of methoxy groups -OCH3 is 1. The summed E-state index contributed by atoms with van der Waals surface area (Å²) in [5, 5.41) is 5.45. The molecule has 0 aromatic heterocycles. The number of likely N-dealkylation sites (N-methyl/N-ethyl adjacent to an activating group) is 1. The zero-order chi connectivity index (χ0) is 10.1. The van der Waals surface area contributed by atoms with Crippen molar-refractivity contribution in [2.75, 3.05) is 26.7 Å². The first-order valence-corrected chi connectivity index (χ1v) is 4.25. The third-order valence-electron chi connectivity index (χ3n) is 1.41. The van der Waals surface area contributed by atoms with E-state index in [9.17, 15) is 9.59 Å². The third kappa shape index (κ3) is 7.27. The van der Waals surface area contributed by atoms with Gasteiger partial charge < -0.3 is 15.4 Å². The first-order chi connectivity index (χ1) is 6.20. The lowest BCUT2D eigenvalue weighted by molar-refractivity contribution is -0.140. The van der Waals surface area contributed by atoms with Crippen LogP contribution in [0.3, 0.4) is 0 Å². The Hall–Kier alpha value is -1.10. The molecule has 0 aliphatic heterocycles. The summed E-state index contributed by atoms with van der Waals surface area (Å²) in [5.74, 6) is -0.422. The van der Waals surface area contributed by atoms with Gasteiger partial charge in [-0.3, -0.25) is 9.59 Å². The first-order valence-electron chi connectivity index (χ1n) is 4.25. The molecule has 0 spiro atoms. The van der Waals surface area contributed by atoms with Gasteiger partial charge in [0.1, 0.15) is 0 Å². The normalized spacial score (nSPS) is 9.38. The minimum absolute atomic E-state index is 0.106. The number of rotatable bonds is 6. The van der Waals surface area contributed by atoms with Gasteiger partial charge in [-0.25, -0.2) is 0 Å². The number of ether oxygens (including phenoxy) is 1. The molecule has 0 aromatic rings. The van der Waals surface area contributed by atoms with Crippen LogP contribution in [0, 0.1) is 0 Å². The quantitative estimate of drug-likeness (QED) is 0.540. The summed E-state index contributed by atoms with van der Waals surface area (Å²) in [6, 6.07) is 0. The fourth-order valence-electron chi connectivity index (χ4n) is 0.707. The van der Waals surface area contributed by atoms with Crippen LogP contribution in [0.4, 0.5) is 0 Å². The summed E-state index contributed by atoms with van der Waals surface area (Å²) in [7, 11) is 1.32. The summed E-state index contributed by atoms with van der Waals surface area (Å²) >= 11 is 0. The van der Waals surface area contributed by atoms with Crippen LogP contribution in [0.15, 0.2) is 0 Å². The predicted molar refractivity (Wildman–Crippen MR) is 48.2 cm³/mol. The zero-order valence-corrected chi connectivity index (χ0v) is 8.05. The van der Waals surface area contributed by atoms with Gasteiger partial charge in [0.15, 0.2) is 0 Å². The topological polar surface area (TPSA) is 67.4 Å². The second-order valence-corrected chi connectivity index (χ2v) is 2.46. The van der Waals surface area contributed by atoms with E-state index in [1.54, 1.807) is 0 Å². The van der Waals surface area contributed by atoms with Gasteiger partial charge in [0.05, 0.1) is 20.1 Å². The van der Waals surface area contributed by atoms with Crippen LogP contribution in [0.5, 0.6) is 0 Å². The first kappa shape index (κ1) is 11.9. The fourth-order valence-corrected chi connectivity index (χ4v) is 0.707. The molecule has 0 radical (unpaired) electrons. The van der Waals surface area contributed by atoms with Crippen molar-refractivity contribution in [3.05, 3.63) is 0 Å². The van der Waals surface area contributed by atoms with Crippen molar-refractivity contribution in [2.24, 2.45) is 0 Å². The Morgan fingerprint density at radius 2 is 2.08 bits per heavy atom. The molecule has 0 aliphatic rings. The van der Waals surface area contributed by atoms with Gasteiger partial charge in [-0.15, -0.1) is 0 Å². The number of carbonyl (C=O) groups is 2. The molecule has 1 amide bonds. The molecule has 13 heavy (non-hydrogen) atoms. The van der Waals surface area contributed by atoms with E-state index in [0.29, 0.717) is 6.54 Å². The molecule has 0 heterocycles. The molecule has 0 saturated heterocycles. The zero-order valence-electron chi connectivity index (χ0n) is 8.05. The van der Waals surface area contributed by atoms with Crippen LogP contribution in [0.2, 0.25) is 0 Å². The van der Waals surface area contributed by atoms with E-state index in [2.05, 4.69) is 15.4 Å². The van der Waals surface area contributed by atoms with Crippen molar-refractivity contribution in [1.29, 1.82) is 0 Å². The molecule has 0 bridgehead atoms. The Labute approximate surface area is 77.8 Å². The Morgan fingerprint density at radius 3 is 2.62 bits per heavy atom. The van der Waals surface area contributed by atoms with E-state index < -0.39 is 0 Å². The lowest BCUT2D eigenvalue weighted by atomic mass is 10.4. The van der Waals surface area contributed by atoms with E-state index >= 15 is 0 Å². The summed E-state index contributed by atoms with van der Waals surface area (Å²) in [4.78, 5) is 21.6. The Balaban J connectivity index is 3.31. The van der Waals surface area contributed by atoms with Crippen LogP contribution in [-0.4, -0.2) is 38.6 Å². The molecule has 76 valence electrons. The highest BCUT2D eigenvalue weighted by Gasteiger charge is 2.02. The van der Waals surface area contributed by atoms with Crippen LogP contribution in [0.1, 0.15) is 13.3 Å². The summed E-state index contributed by atoms with van der Waals surface area (Å²) in [5.41, 5.74) is 0. The summed E-state index contributed by atoms with van der Waals surface area (Å²) in [6.45, 7) is 3.29. The smallest absolute Gasteiger partial charge is 0.307 e. The average molecular weight is 188 g/mol. The highest BCUT2D eigenvalue weighted by atomic mass is 16.5. The van der Waals surface area contributed by atoms with Gasteiger partial charge in [0.25, 0.3) is 0 Å². The van der Waals surface area contributed by atoms with Crippen molar-refractivity contribution in [3.63, 3.8) is 0 Å². The van der Waals surface area contributed by atoms with E-state index in [1.165, 1.54) is 7.11 Å². The largest absolute Gasteiger partial charge is 0.469 e. The van der Waals surface area contributed by atoms with Gasteiger partial charge in [-0.2, -0.15) is 0 Å². The standard InChI is InChI=1S/C8H16N2O3/c1-3-9-6-7(11)10-5-4-8(12)13-2/h9H,3-6H2,1-2H3,(H,10,11). The summed E-state index contributed by atoms with van der Waals surface area (Å²) < 4.78 is 4.41. The van der Waals surface area contributed by atoms with Crippen molar-refractivity contribution in [3.8, 4) is 0 Å². The second kappa shape index (κ2) is 7.54. The molecule has 5 heteroatoms. The van der Waals surface area contributed by atoms with Gasteiger partial charge in [0, 0.05) is 6.54 Å². The number of hydrogen-bond donors (Lipinski definition) is 2. The highest BCUT2D eigenvalue weighted by molar-refractivity contribution is 5.78. The SMILES string of the molecule is CCNCC(=O)NCCC(=O)OC. The molecule has 5 nitrogen and oxygen atoms in total. The Kier molecular flexibility index (Phi) is 6.91. The van der Waals surface area contributed by atoms with Crippen molar-refractivity contribution >= 4 is 11.9 Å². The maximum absolute atomic E-state index is 10.9. The lowest BCUT2D eigenvalue weighted by Crippen LogP contribution is -2.34. The van der Waals surface area contributed by atoms with Crippen molar-refractivity contribution < 1.29 is 14.3 Å². The maximum Gasteiger partial charge on any atom is 0.307 e. The van der Waals surface area contributed by atoms with Gasteiger partial charge in [-0.1, -0.05) is 6.92 Å². The number of carbonyl (C=O) groups excluding carboxylic acids is 2. The number of nitrogens with one attached hydrogen (secondary N) is 2. The van der Waals surface area contributed by atoms with Crippen molar-refractivity contribution in [2.45, 2.75) is 13.3 Å². The molecule has 2 N–H and O–H groups in total. The average Bonchev–Trinajstić information content (AvgIpc) is 2.14. The Morgan fingerprint density at radius 1 is 1.38 bits per heavy atom. The maximum atomic E-state index is 10.9. The molecule has 0 fully saturated rings. The van der Waals surface area contributed by atoms with Gasteiger partial charge >= 0.3 is 5.97 Å². The molecule has 0 saturated carbocycles. The third-order valence-corrected chi connectivity index (χ3v) is 1.41. The number of esters is 1. The van der Waals surface area contributed by atoms with Crippen molar-refractivity contribution in [1.82, 2.24) is 10.6 Å². The molecule has 0 aromatic carbocycles.